The molecule has 0 bridgehead atoms. The van der Waals surface area contributed by atoms with Crippen LogP contribution >= 0.6 is 0 Å². The van der Waals surface area contributed by atoms with Gasteiger partial charge in [-0.3, -0.25) is 0 Å². The maximum atomic E-state index is 6.58. The highest BCUT2D eigenvalue weighted by atomic mass is 16.3. The molecule has 62 heavy (non-hydrogen) atoms. The predicted octanol–water partition coefficient (Wildman–Crippen LogP) is 17.1. The molecule has 0 N–H and O–H groups in total. The van der Waals surface area contributed by atoms with E-state index in [0.29, 0.717) is 0 Å². The molecule has 0 fully saturated rings. The van der Waals surface area contributed by atoms with Crippen molar-refractivity contribution in [3.63, 3.8) is 0 Å². The molecular formula is C60H41NO. The van der Waals surface area contributed by atoms with Crippen LogP contribution in [0, 0.1) is 0 Å². The fourth-order valence-corrected chi connectivity index (χ4v) is 8.96. The Labute approximate surface area is 362 Å². The molecule has 0 aliphatic carbocycles. The average molecular weight is 792 g/mol. The van der Waals surface area contributed by atoms with E-state index in [4.69, 9.17) is 4.42 Å². The van der Waals surface area contributed by atoms with Gasteiger partial charge in [0.1, 0.15) is 11.2 Å². The first-order valence-electron chi connectivity index (χ1n) is 21.2. The molecule has 1 aromatic heterocycles. The van der Waals surface area contributed by atoms with Gasteiger partial charge in [0.2, 0.25) is 0 Å². The number of anilines is 3. The van der Waals surface area contributed by atoms with Gasteiger partial charge < -0.3 is 9.32 Å². The van der Waals surface area contributed by atoms with Crippen molar-refractivity contribution in [2.75, 3.05) is 4.90 Å². The van der Waals surface area contributed by atoms with Gasteiger partial charge in [-0.1, -0.05) is 206 Å². The number of hydrogen-bond acceptors (Lipinski definition) is 2. The average Bonchev–Trinajstić information content (AvgIpc) is 3.74. The monoisotopic (exact) mass is 791 g/mol. The molecule has 0 amide bonds. The van der Waals surface area contributed by atoms with E-state index >= 15 is 0 Å². The topological polar surface area (TPSA) is 16.4 Å². The van der Waals surface area contributed by atoms with E-state index in [9.17, 15) is 0 Å². The molecule has 2 nitrogen and oxygen atoms in total. The first kappa shape index (κ1) is 36.8. The molecule has 292 valence electrons. The van der Waals surface area contributed by atoms with Gasteiger partial charge in [-0.05, 0) is 98.1 Å². The maximum absolute atomic E-state index is 6.58. The fraction of sp³-hybridized carbons (Fsp3) is 0. The van der Waals surface area contributed by atoms with Crippen LogP contribution in [0.5, 0.6) is 0 Å². The molecule has 0 atom stereocenters. The zero-order valence-corrected chi connectivity index (χ0v) is 34.0. The van der Waals surface area contributed by atoms with Gasteiger partial charge in [-0.15, -0.1) is 0 Å². The third kappa shape index (κ3) is 6.84. The second-order valence-corrected chi connectivity index (χ2v) is 15.6. The Morgan fingerprint density at radius 1 is 0.274 bits per heavy atom. The van der Waals surface area contributed by atoms with Crippen LogP contribution in [-0.2, 0) is 0 Å². The Kier molecular flexibility index (Phi) is 9.57. The number of rotatable bonds is 9. The van der Waals surface area contributed by atoms with E-state index in [-0.39, 0.29) is 0 Å². The summed E-state index contributed by atoms with van der Waals surface area (Å²) in [6.45, 7) is 0. The van der Waals surface area contributed by atoms with Crippen molar-refractivity contribution in [2.45, 2.75) is 0 Å². The SMILES string of the molecule is c1ccc(-c2cccc(-c3ccc(N(c4cccc(-c5cccc6c5oc5ccccc56)c4)c4cccc(-c5ccccc5)c4-c4ccccc4-c4ccccc4)cc3)c2)cc1. The first-order valence-corrected chi connectivity index (χ1v) is 21.2. The van der Waals surface area contributed by atoms with Crippen LogP contribution in [0.1, 0.15) is 0 Å². The van der Waals surface area contributed by atoms with Gasteiger partial charge in [0.15, 0.2) is 0 Å². The lowest BCUT2D eigenvalue weighted by Gasteiger charge is -2.30. The molecule has 11 aromatic rings. The van der Waals surface area contributed by atoms with E-state index in [1.165, 1.54) is 27.8 Å². The fourth-order valence-electron chi connectivity index (χ4n) is 8.96. The molecule has 2 heteroatoms. The highest BCUT2D eigenvalue weighted by molar-refractivity contribution is 6.10. The van der Waals surface area contributed by atoms with Crippen LogP contribution in [0.25, 0.3) is 88.7 Å². The minimum absolute atomic E-state index is 0.890. The Balaban J connectivity index is 1.13. The molecule has 0 saturated heterocycles. The molecule has 0 radical (unpaired) electrons. The zero-order valence-electron chi connectivity index (χ0n) is 34.0. The summed E-state index contributed by atoms with van der Waals surface area (Å²) in [6.07, 6.45) is 0. The Morgan fingerprint density at radius 3 is 1.52 bits per heavy atom. The van der Waals surface area contributed by atoms with Crippen LogP contribution < -0.4 is 4.90 Å². The van der Waals surface area contributed by atoms with Crippen LogP contribution in [-0.4, -0.2) is 0 Å². The van der Waals surface area contributed by atoms with Gasteiger partial charge in [0.05, 0.1) is 5.69 Å². The Morgan fingerprint density at radius 2 is 0.774 bits per heavy atom. The summed E-state index contributed by atoms with van der Waals surface area (Å²) in [7, 11) is 0. The van der Waals surface area contributed by atoms with Crippen LogP contribution in [0.4, 0.5) is 17.1 Å². The van der Waals surface area contributed by atoms with Crippen LogP contribution in [0.2, 0.25) is 0 Å². The lowest BCUT2D eigenvalue weighted by molar-refractivity contribution is 0.670. The molecule has 10 aromatic carbocycles. The normalized spacial score (nSPS) is 11.2. The lowest BCUT2D eigenvalue weighted by Crippen LogP contribution is -2.12. The minimum atomic E-state index is 0.890. The summed E-state index contributed by atoms with van der Waals surface area (Å²) in [5.41, 5.74) is 18.8. The predicted molar refractivity (Wildman–Crippen MR) is 261 cm³/mol. The van der Waals surface area contributed by atoms with E-state index in [1.807, 2.05) is 12.1 Å². The van der Waals surface area contributed by atoms with E-state index < -0.39 is 0 Å². The van der Waals surface area contributed by atoms with Crippen LogP contribution in [0.3, 0.4) is 0 Å². The summed E-state index contributed by atoms with van der Waals surface area (Å²) in [4.78, 5) is 2.43. The van der Waals surface area contributed by atoms with Gasteiger partial charge in [0.25, 0.3) is 0 Å². The van der Waals surface area contributed by atoms with Crippen molar-refractivity contribution in [2.24, 2.45) is 0 Å². The quantitative estimate of drug-likeness (QED) is 0.145. The number of para-hydroxylation sites is 2. The van der Waals surface area contributed by atoms with Gasteiger partial charge >= 0.3 is 0 Å². The Bertz CT molecular complexity index is 3330. The van der Waals surface area contributed by atoms with Crippen molar-refractivity contribution in [3.05, 3.63) is 249 Å². The molecule has 0 unspecified atom stereocenters. The van der Waals surface area contributed by atoms with Gasteiger partial charge in [0, 0.05) is 33.3 Å². The summed E-state index contributed by atoms with van der Waals surface area (Å²) in [6, 6.07) is 89.1. The number of hydrogen-bond donors (Lipinski definition) is 0. The lowest BCUT2D eigenvalue weighted by atomic mass is 9.87. The van der Waals surface area contributed by atoms with Crippen molar-refractivity contribution >= 4 is 39.0 Å². The highest BCUT2D eigenvalue weighted by Gasteiger charge is 2.23. The molecule has 11 rings (SSSR count). The van der Waals surface area contributed by atoms with E-state index in [2.05, 4.69) is 241 Å². The molecule has 0 aliphatic heterocycles. The number of furan rings is 1. The third-order valence-corrected chi connectivity index (χ3v) is 11.9. The standard InChI is InChI=1S/C60H41NO/c1-4-18-42(19-5-1)46-24-14-25-47(40-46)43-36-38-49(39-37-43)61(50-27-15-26-48(41-50)53-32-16-33-56-54-29-12-13-35-58(54)62-60(53)56)57-34-17-31-52(45-22-8-3-9-23-45)59(57)55-30-11-10-28-51(55)44-20-6-2-7-21-44/h1-41H. The molecular weight excluding hydrogens is 751 g/mol. The number of nitrogens with zero attached hydrogens (tertiary/aromatic N) is 1. The highest BCUT2D eigenvalue weighted by Crippen LogP contribution is 2.49. The van der Waals surface area contributed by atoms with E-state index in [1.54, 1.807) is 0 Å². The minimum Gasteiger partial charge on any atom is -0.455 e. The zero-order chi connectivity index (χ0) is 41.2. The first-order chi connectivity index (χ1) is 30.8. The summed E-state index contributed by atoms with van der Waals surface area (Å²) in [5.74, 6) is 0. The summed E-state index contributed by atoms with van der Waals surface area (Å²) >= 11 is 0. The van der Waals surface area contributed by atoms with Crippen molar-refractivity contribution in [3.8, 4) is 66.8 Å². The third-order valence-electron chi connectivity index (χ3n) is 11.9. The smallest absolute Gasteiger partial charge is 0.143 e. The van der Waals surface area contributed by atoms with Crippen molar-refractivity contribution in [1.29, 1.82) is 0 Å². The number of fused-ring (bicyclic) bond motifs is 3. The molecule has 0 spiro atoms. The largest absolute Gasteiger partial charge is 0.455 e. The van der Waals surface area contributed by atoms with Crippen molar-refractivity contribution < 1.29 is 4.42 Å². The number of benzene rings is 10. The summed E-state index contributed by atoms with van der Waals surface area (Å²) in [5, 5.41) is 2.23. The maximum Gasteiger partial charge on any atom is 0.143 e. The van der Waals surface area contributed by atoms with E-state index in [0.717, 1.165) is 77.9 Å². The van der Waals surface area contributed by atoms with Crippen molar-refractivity contribution in [1.82, 2.24) is 0 Å². The summed E-state index contributed by atoms with van der Waals surface area (Å²) < 4.78 is 6.58. The Hall–Kier alpha value is -8.20. The van der Waals surface area contributed by atoms with Gasteiger partial charge in [-0.2, -0.15) is 0 Å². The van der Waals surface area contributed by atoms with Crippen LogP contribution in [0.15, 0.2) is 253 Å². The molecule has 0 saturated carbocycles. The molecule has 0 aliphatic rings. The van der Waals surface area contributed by atoms with Gasteiger partial charge in [-0.25, -0.2) is 0 Å². The second kappa shape index (κ2) is 16.1. The second-order valence-electron chi connectivity index (χ2n) is 15.6. The molecule has 1 heterocycles.